The number of rotatable bonds is 3. The van der Waals surface area contributed by atoms with Crippen molar-refractivity contribution in [2.45, 2.75) is 19.9 Å². The van der Waals surface area contributed by atoms with Crippen LogP contribution in [0.15, 0.2) is 24.3 Å². The van der Waals surface area contributed by atoms with Gasteiger partial charge in [-0.15, -0.1) is 5.10 Å². The number of anilines is 1. The van der Waals surface area contributed by atoms with Gasteiger partial charge in [0.1, 0.15) is 0 Å². The standard InChI is InChI=1S/C11H13N3S2/c1-7-3-5-9(6-4-7)8(2)12-10-13-14-11(15)16-10/h3-6,8H,1-2H3,(H,12,13)(H,14,15). The van der Waals surface area contributed by atoms with Crippen LogP contribution in [-0.2, 0) is 0 Å². The third-order valence-electron chi connectivity index (χ3n) is 2.36. The van der Waals surface area contributed by atoms with Gasteiger partial charge in [-0.05, 0) is 31.6 Å². The molecule has 0 saturated heterocycles. The molecule has 0 aliphatic rings. The zero-order valence-electron chi connectivity index (χ0n) is 9.15. The van der Waals surface area contributed by atoms with Crippen LogP contribution in [0.4, 0.5) is 5.13 Å². The van der Waals surface area contributed by atoms with E-state index in [-0.39, 0.29) is 6.04 Å². The first-order chi connectivity index (χ1) is 7.65. The summed E-state index contributed by atoms with van der Waals surface area (Å²) < 4.78 is 0.693. The SMILES string of the molecule is Cc1ccc(C(C)Nc2n[nH]c(=S)s2)cc1. The largest absolute Gasteiger partial charge is 0.354 e. The molecule has 3 nitrogen and oxygen atoms in total. The second-order valence-electron chi connectivity index (χ2n) is 3.69. The van der Waals surface area contributed by atoms with Crippen LogP contribution >= 0.6 is 23.6 Å². The number of nitrogens with zero attached hydrogens (tertiary/aromatic N) is 1. The highest BCUT2D eigenvalue weighted by Gasteiger charge is 2.06. The van der Waals surface area contributed by atoms with E-state index in [0.29, 0.717) is 3.95 Å². The minimum atomic E-state index is 0.231. The van der Waals surface area contributed by atoms with Crippen molar-refractivity contribution in [3.8, 4) is 0 Å². The molecule has 0 aliphatic heterocycles. The minimum absolute atomic E-state index is 0.231. The van der Waals surface area contributed by atoms with Gasteiger partial charge in [0.05, 0.1) is 6.04 Å². The van der Waals surface area contributed by atoms with E-state index in [1.54, 1.807) is 0 Å². The van der Waals surface area contributed by atoms with Crippen LogP contribution < -0.4 is 5.32 Å². The van der Waals surface area contributed by atoms with Crippen LogP contribution in [0.2, 0.25) is 0 Å². The Kier molecular flexibility index (Phi) is 3.36. The van der Waals surface area contributed by atoms with Crippen molar-refractivity contribution in [2.24, 2.45) is 0 Å². The van der Waals surface area contributed by atoms with Crippen LogP contribution in [0, 0.1) is 10.9 Å². The second-order valence-corrected chi connectivity index (χ2v) is 5.36. The lowest BCUT2D eigenvalue weighted by molar-refractivity contribution is 0.872. The number of aromatic amines is 1. The number of hydrogen-bond donors (Lipinski definition) is 2. The van der Waals surface area contributed by atoms with Crippen molar-refractivity contribution >= 4 is 28.7 Å². The van der Waals surface area contributed by atoms with Gasteiger partial charge in [0, 0.05) is 0 Å². The van der Waals surface area contributed by atoms with Gasteiger partial charge in [-0.25, -0.2) is 0 Å². The highest BCUT2D eigenvalue weighted by molar-refractivity contribution is 7.73. The molecule has 1 aromatic carbocycles. The Morgan fingerprint density at radius 1 is 1.38 bits per heavy atom. The van der Waals surface area contributed by atoms with E-state index in [1.807, 2.05) is 0 Å². The van der Waals surface area contributed by atoms with Crippen molar-refractivity contribution in [3.05, 3.63) is 39.3 Å². The molecule has 2 rings (SSSR count). The maximum Gasteiger partial charge on any atom is 0.204 e. The Balaban J connectivity index is 2.11. The van der Waals surface area contributed by atoms with Crippen molar-refractivity contribution in [3.63, 3.8) is 0 Å². The average molecular weight is 251 g/mol. The lowest BCUT2D eigenvalue weighted by Gasteiger charge is -2.12. The number of aromatic nitrogens is 2. The minimum Gasteiger partial charge on any atom is -0.354 e. The summed E-state index contributed by atoms with van der Waals surface area (Å²) in [6.07, 6.45) is 0. The van der Waals surface area contributed by atoms with Crippen molar-refractivity contribution in [1.82, 2.24) is 10.2 Å². The summed E-state index contributed by atoms with van der Waals surface area (Å²) in [6, 6.07) is 8.70. The molecule has 16 heavy (non-hydrogen) atoms. The lowest BCUT2D eigenvalue weighted by atomic mass is 10.1. The molecule has 2 N–H and O–H groups in total. The molecule has 0 radical (unpaired) electrons. The fourth-order valence-corrected chi connectivity index (χ4v) is 2.29. The molecule has 5 heteroatoms. The molecule has 0 fully saturated rings. The number of aryl methyl sites for hydroxylation is 1. The van der Waals surface area contributed by atoms with Crippen molar-refractivity contribution < 1.29 is 0 Å². The fraction of sp³-hybridized carbons (Fsp3) is 0.273. The molecule has 1 aromatic heterocycles. The van der Waals surface area contributed by atoms with E-state index < -0.39 is 0 Å². The van der Waals surface area contributed by atoms with E-state index in [1.165, 1.54) is 22.5 Å². The molecule has 84 valence electrons. The first-order valence-electron chi connectivity index (χ1n) is 5.04. The zero-order valence-corrected chi connectivity index (χ0v) is 10.8. The van der Waals surface area contributed by atoms with Gasteiger partial charge in [0.2, 0.25) is 5.13 Å². The van der Waals surface area contributed by atoms with Crippen LogP contribution in [0.3, 0.4) is 0 Å². The topological polar surface area (TPSA) is 40.7 Å². The Bertz CT molecular complexity index is 513. The zero-order chi connectivity index (χ0) is 11.5. The number of H-pyrrole nitrogens is 1. The van der Waals surface area contributed by atoms with Crippen LogP contribution in [0.5, 0.6) is 0 Å². The Morgan fingerprint density at radius 3 is 2.62 bits per heavy atom. The van der Waals surface area contributed by atoms with Crippen LogP contribution in [0.1, 0.15) is 24.1 Å². The predicted octanol–water partition coefficient (Wildman–Crippen LogP) is 3.68. The molecule has 0 spiro atoms. The van der Waals surface area contributed by atoms with Gasteiger partial charge >= 0.3 is 0 Å². The van der Waals surface area contributed by atoms with E-state index in [2.05, 4.69) is 53.6 Å². The van der Waals surface area contributed by atoms with Gasteiger partial charge in [0.25, 0.3) is 0 Å². The van der Waals surface area contributed by atoms with Gasteiger partial charge in [-0.2, -0.15) is 0 Å². The van der Waals surface area contributed by atoms with Gasteiger partial charge in [0.15, 0.2) is 3.95 Å². The number of benzene rings is 1. The maximum absolute atomic E-state index is 4.98. The monoisotopic (exact) mass is 251 g/mol. The fourth-order valence-electron chi connectivity index (χ4n) is 1.42. The summed E-state index contributed by atoms with van der Waals surface area (Å²) >= 11 is 6.43. The first kappa shape index (κ1) is 11.3. The summed E-state index contributed by atoms with van der Waals surface area (Å²) in [6.45, 7) is 4.19. The van der Waals surface area contributed by atoms with Gasteiger partial charge in [-0.3, -0.25) is 5.10 Å². The third-order valence-corrected chi connectivity index (χ3v) is 3.38. The Morgan fingerprint density at radius 2 is 2.06 bits per heavy atom. The molecule has 2 aromatic rings. The van der Waals surface area contributed by atoms with E-state index >= 15 is 0 Å². The summed E-state index contributed by atoms with van der Waals surface area (Å²) in [7, 11) is 0. The normalized spacial score (nSPS) is 12.4. The maximum atomic E-state index is 4.98. The Hall–Kier alpha value is -1.20. The summed E-state index contributed by atoms with van der Waals surface area (Å²) in [5.41, 5.74) is 2.51. The third kappa shape index (κ3) is 2.68. The van der Waals surface area contributed by atoms with Crippen molar-refractivity contribution in [2.75, 3.05) is 5.32 Å². The van der Waals surface area contributed by atoms with Crippen LogP contribution in [0.25, 0.3) is 0 Å². The molecule has 0 amide bonds. The van der Waals surface area contributed by atoms with Crippen molar-refractivity contribution in [1.29, 1.82) is 0 Å². The second kappa shape index (κ2) is 4.76. The van der Waals surface area contributed by atoms with E-state index in [4.69, 9.17) is 12.2 Å². The number of nitrogens with one attached hydrogen (secondary N) is 2. The van der Waals surface area contributed by atoms with E-state index in [9.17, 15) is 0 Å². The highest BCUT2D eigenvalue weighted by Crippen LogP contribution is 2.20. The summed E-state index contributed by atoms with van der Waals surface area (Å²) in [5.74, 6) is 0. The lowest BCUT2D eigenvalue weighted by Crippen LogP contribution is -2.06. The molecule has 1 heterocycles. The summed E-state index contributed by atoms with van der Waals surface area (Å²) in [4.78, 5) is 0. The van der Waals surface area contributed by atoms with Gasteiger partial charge < -0.3 is 5.32 Å². The molecule has 1 unspecified atom stereocenters. The Labute approximate surface area is 104 Å². The smallest absolute Gasteiger partial charge is 0.204 e. The van der Waals surface area contributed by atoms with Crippen LogP contribution in [-0.4, -0.2) is 10.2 Å². The average Bonchev–Trinajstić information content (AvgIpc) is 2.65. The van der Waals surface area contributed by atoms with E-state index in [0.717, 1.165) is 5.13 Å². The quantitative estimate of drug-likeness (QED) is 0.818. The highest BCUT2D eigenvalue weighted by atomic mass is 32.1. The molecule has 0 saturated carbocycles. The first-order valence-corrected chi connectivity index (χ1v) is 6.26. The summed E-state index contributed by atoms with van der Waals surface area (Å²) in [5, 5.41) is 11.0. The molecule has 0 bridgehead atoms. The predicted molar refractivity (Wildman–Crippen MR) is 70.5 cm³/mol. The molecular weight excluding hydrogens is 238 g/mol. The molecule has 1 atom stereocenters. The van der Waals surface area contributed by atoms with Gasteiger partial charge in [-0.1, -0.05) is 41.2 Å². The molecule has 0 aliphatic carbocycles. The number of hydrogen-bond acceptors (Lipinski definition) is 4. The molecular formula is C11H13N3S2.